The van der Waals surface area contributed by atoms with E-state index in [4.69, 9.17) is 0 Å². The van der Waals surface area contributed by atoms with E-state index in [1.54, 1.807) is 0 Å². The van der Waals surface area contributed by atoms with Gasteiger partial charge in [-0.3, -0.25) is 0 Å². The van der Waals surface area contributed by atoms with E-state index in [1.165, 1.54) is 5.56 Å². The Kier molecular flexibility index (Phi) is 5.14. The van der Waals surface area contributed by atoms with Gasteiger partial charge < -0.3 is 5.32 Å². The van der Waals surface area contributed by atoms with Crippen LogP contribution in [0.4, 0.5) is 8.78 Å². The van der Waals surface area contributed by atoms with E-state index in [1.807, 2.05) is 25.2 Å². The molecule has 0 aliphatic heterocycles. The van der Waals surface area contributed by atoms with E-state index in [2.05, 4.69) is 24.4 Å². The zero-order valence-corrected chi connectivity index (χ0v) is 12.4. The summed E-state index contributed by atoms with van der Waals surface area (Å²) in [5.41, 5.74) is 1.29. The molecule has 0 aromatic heterocycles. The Bertz CT molecular complexity index is 405. The van der Waals surface area contributed by atoms with Crippen molar-refractivity contribution in [3.05, 3.63) is 35.9 Å². The highest BCUT2D eigenvalue weighted by molar-refractivity contribution is 5.19. The molecule has 1 nitrogen and oxygen atoms in total. The monoisotopic (exact) mass is 281 g/mol. The van der Waals surface area contributed by atoms with E-state index < -0.39 is 5.92 Å². The molecule has 1 N–H and O–H groups in total. The van der Waals surface area contributed by atoms with Crippen LogP contribution < -0.4 is 5.32 Å². The fourth-order valence-electron chi connectivity index (χ4n) is 3.40. The van der Waals surface area contributed by atoms with Crippen LogP contribution in [0.5, 0.6) is 0 Å². The molecular weight excluding hydrogens is 256 g/mol. The first-order valence-corrected chi connectivity index (χ1v) is 7.62. The zero-order valence-electron chi connectivity index (χ0n) is 12.4. The van der Waals surface area contributed by atoms with Crippen molar-refractivity contribution < 1.29 is 8.78 Å². The molecular formula is C17H25F2N. The van der Waals surface area contributed by atoms with E-state index >= 15 is 0 Å². The van der Waals surface area contributed by atoms with Crippen molar-refractivity contribution >= 4 is 0 Å². The largest absolute Gasteiger partial charge is 0.317 e. The molecule has 1 fully saturated rings. The topological polar surface area (TPSA) is 12.0 Å². The van der Waals surface area contributed by atoms with Gasteiger partial charge in [-0.25, -0.2) is 8.78 Å². The number of rotatable bonds is 5. The molecule has 0 spiro atoms. The van der Waals surface area contributed by atoms with Gasteiger partial charge in [-0.05, 0) is 43.7 Å². The molecule has 1 aliphatic carbocycles. The van der Waals surface area contributed by atoms with Crippen LogP contribution in [0.2, 0.25) is 0 Å². The zero-order chi connectivity index (χ0) is 14.6. The highest BCUT2D eigenvalue weighted by Crippen LogP contribution is 2.39. The summed E-state index contributed by atoms with van der Waals surface area (Å²) in [6, 6.07) is 10.5. The number of halogens is 2. The molecule has 2 rings (SSSR count). The number of benzene rings is 1. The molecule has 1 aromatic carbocycles. The second-order valence-corrected chi connectivity index (χ2v) is 6.15. The molecule has 0 amide bonds. The Hall–Kier alpha value is -0.960. The summed E-state index contributed by atoms with van der Waals surface area (Å²) < 4.78 is 27.2. The Morgan fingerprint density at radius 1 is 1.30 bits per heavy atom. The van der Waals surface area contributed by atoms with Gasteiger partial charge in [0.15, 0.2) is 0 Å². The predicted octanol–water partition coefficient (Wildman–Crippen LogP) is 4.59. The van der Waals surface area contributed by atoms with E-state index in [9.17, 15) is 8.78 Å². The van der Waals surface area contributed by atoms with Crippen molar-refractivity contribution in [1.29, 1.82) is 0 Å². The highest BCUT2D eigenvalue weighted by Gasteiger charge is 2.39. The number of hydrogen-bond acceptors (Lipinski definition) is 1. The lowest BCUT2D eigenvalue weighted by Crippen LogP contribution is -2.40. The Labute approximate surface area is 120 Å². The molecule has 20 heavy (non-hydrogen) atoms. The minimum Gasteiger partial charge on any atom is -0.317 e. The van der Waals surface area contributed by atoms with E-state index in [0.717, 1.165) is 12.8 Å². The van der Waals surface area contributed by atoms with Crippen LogP contribution in [0.1, 0.15) is 50.5 Å². The van der Waals surface area contributed by atoms with Crippen LogP contribution in [-0.2, 0) is 0 Å². The van der Waals surface area contributed by atoms with Crippen molar-refractivity contribution in [2.45, 2.75) is 56.9 Å². The van der Waals surface area contributed by atoms with E-state index in [-0.39, 0.29) is 24.8 Å². The van der Waals surface area contributed by atoms with Gasteiger partial charge in [0.05, 0.1) is 0 Å². The second-order valence-electron chi connectivity index (χ2n) is 6.15. The van der Waals surface area contributed by atoms with Crippen LogP contribution in [0, 0.1) is 5.92 Å². The third kappa shape index (κ3) is 4.02. The van der Waals surface area contributed by atoms with Gasteiger partial charge in [-0.2, -0.15) is 0 Å². The Morgan fingerprint density at radius 3 is 2.60 bits per heavy atom. The van der Waals surface area contributed by atoms with Gasteiger partial charge in [0.2, 0.25) is 5.92 Å². The summed E-state index contributed by atoms with van der Waals surface area (Å²) >= 11 is 0. The summed E-state index contributed by atoms with van der Waals surface area (Å²) in [6.45, 7) is 2.18. The highest BCUT2D eigenvalue weighted by atomic mass is 19.3. The molecule has 3 atom stereocenters. The minimum atomic E-state index is -2.46. The molecule has 1 aliphatic rings. The summed E-state index contributed by atoms with van der Waals surface area (Å²) in [4.78, 5) is 0. The lowest BCUT2D eigenvalue weighted by molar-refractivity contribution is -0.0584. The normalized spacial score (nSPS) is 25.1. The van der Waals surface area contributed by atoms with Crippen LogP contribution in [0.3, 0.4) is 0 Å². The average molecular weight is 281 g/mol. The van der Waals surface area contributed by atoms with Gasteiger partial charge >= 0.3 is 0 Å². The smallest absolute Gasteiger partial charge is 0.248 e. The van der Waals surface area contributed by atoms with Gasteiger partial charge in [0, 0.05) is 18.9 Å². The Balaban J connectivity index is 1.98. The lowest BCUT2D eigenvalue weighted by atomic mass is 9.78. The van der Waals surface area contributed by atoms with Gasteiger partial charge in [0.1, 0.15) is 0 Å². The van der Waals surface area contributed by atoms with Crippen LogP contribution in [-0.4, -0.2) is 19.0 Å². The maximum Gasteiger partial charge on any atom is 0.248 e. The first kappa shape index (κ1) is 15.4. The maximum atomic E-state index is 13.6. The third-order valence-electron chi connectivity index (χ3n) is 4.59. The number of alkyl halides is 2. The quantitative estimate of drug-likeness (QED) is 0.832. The molecule has 0 radical (unpaired) electrons. The van der Waals surface area contributed by atoms with Gasteiger partial charge in [-0.1, -0.05) is 37.3 Å². The van der Waals surface area contributed by atoms with Crippen molar-refractivity contribution in [3.63, 3.8) is 0 Å². The number of hydrogen-bond donors (Lipinski definition) is 1. The first-order valence-electron chi connectivity index (χ1n) is 7.62. The van der Waals surface area contributed by atoms with E-state index in [0.29, 0.717) is 12.3 Å². The fourth-order valence-corrected chi connectivity index (χ4v) is 3.40. The molecule has 3 heteroatoms. The summed E-state index contributed by atoms with van der Waals surface area (Å²) in [7, 11) is 1.90. The standard InChI is InChI=1S/C17H25F2N/c1-13(14-7-4-3-5-8-14)11-16(20-2)15-9-6-10-17(18,19)12-15/h3-5,7-8,13,15-16,20H,6,9-12H2,1-2H3/t13-,15?,16+/m1/s1. The van der Waals surface area contributed by atoms with Crippen LogP contribution >= 0.6 is 0 Å². The summed E-state index contributed by atoms with van der Waals surface area (Å²) in [5, 5.41) is 3.28. The first-order chi connectivity index (χ1) is 9.52. The van der Waals surface area contributed by atoms with Gasteiger partial charge in [0.25, 0.3) is 0 Å². The summed E-state index contributed by atoms with van der Waals surface area (Å²) in [6.07, 6.45) is 2.59. The van der Waals surface area contributed by atoms with Crippen molar-refractivity contribution in [3.8, 4) is 0 Å². The molecule has 1 aromatic rings. The molecule has 1 unspecified atom stereocenters. The number of nitrogens with one attached hydrogen (secondary N) is 1. The SMILES string of the molecule is CN[C@@H](C[C@@H](C)c1ccccc1)C1CCCC(F)(F)C1. The lowest BCUT2D eigenvalue weighted by Gasteiger charge is -2.35. The maximum absolute atomic E-state index is 13.6. The van der Waals surface area contributed by atoms with Gasteiger partial charge in [-0.15, -0.1) is 0 Å². The predicted molar refractivity (Wildman–Crippen MR) is 79.2 cm³/mol. The van der Waals surface area contributed by atoms with Crippen molar-refractivity contribution in [1.82, 2.24) is 5.32 Å². The molecule has 0 saturated heterocycles. The molecule has 1 saturated carbocycles. The molecule has 112 valence electrons. The Morgan fingerprint density at radius 2 is 2.00 bits per heavy atom. The van der Waals surface area contributed by atoms with Crippen molar-refractivity contribution in [2.24, 2.45) is 5.92 Å². The fraction of sp³-hybridized carbons (Fsp3) is 0.647. The second kappa shape index (κ2) is 6.66. The molecule has 0 bridgehead atoms. The van der Waals surface area contributed by atoms with Crippen LogP contribution in [0.15, 0.2) is 30.3 Å². The summed E-state index contributed by atoms with van der Waals surface area (Å²) in [5.74, 6) is -1.98. The third-order valence-corrected chi connectivity index (χ3v) is 4.59. The minimum absolute atomic E-state index is 0.0417. The van der Waals surface area contributed by atoms with Crippen molar-refractivity contribution in [2.75, 3.05) is 7.05 Å². The molecule has 0 heterocycles. The average Bonchev–Trinajstić information content (AvgIpc) is 2.44. The van der Waals surface area contributed by atoms with Crippen LogP contribution in [0.25, 0.3) is 0 Å².